The number of nitrogens with one attached hydrogen (secondary N) is 2. The summed E-state index contributed by atoms with van der Waals surface area (Å²) in [7, 11) is 0. The Hall–Kier alpha value is -1.50. The Morgan fingerprint density at radius 3 is 2.16 bits per heavy atom. The van der Waals surface area contributed by atoms with Crippen LogP contribution in [-0.4, -0.2) is 91.3 Å². The van der Waals surface area contributed by atoms with Crippen molar-refractivity contribution in [1.29, 1.82) is 0 Å². The fourth-order valence-corrected chi connectivity index (χ4v) is 4.41. The molecule has 1 unspecified atom stereocenters. The van der Waals surface area contributed by atoms with Crippen LogP contribution in [-0.2, 0) is 0 Å². The minimum Gasteiger partial charge on any atom is -0.513 e. The summed E-state index contributed by atoms with van der Waals surface area (Å²) >= 11 is 0. The van der Waals surface area contributed by atoms with Crippen molar-refractivity contribution in [2.45, 2.75) is 58.9 Å². The summed E-state index contributed by atoms with van der Waals surface area (Å²) in [6, 6.07) is 0.677. The molecule has 2 fully saturated rings. The highest BCUT2D eigenvalue weighted by Crippen LogP contribution is 2.19. The lowest BCUT2D eigenvalue weighted by Crippen LogP contribution is -2.50. The van der Waals surface area contributed by atoms with Gasteiger partial charge in [0.1, 0.15) is 0 Å². The van der Waals surface area contributed by atoms with E-state index in [1.165, 1.54) is 58.7 Å². The second-order valence-corrected chi connectivity index (χ2v) is 8.84. The first kappa shape index (κ1) is 27.5. The Balaban J connectivity index is 0.00000480. The molecule has 2 aliphatic heterocycles. The number of hydrogen-bond donors (Lipinski definition) is 3. The number of aliphatic hydroxyl groups excluding tert-OH is 1. The normalized spacial score (nSPS) is 20.2. The molecular weight excluding hydrogens is 386 g/mol. The van der Waals surface area contributed by atoms with Gasteiger partial charge in [-0.1, -0.05) is 34.1 Å². The van der Waals surface area contributed by atoms with E-state index in [9.17, 15) is 0 Å². The average molecular weight is 436 g/mol. The molecule has 0 aromatic rings. The van der Waals surface area contributed by atoms with Gasteiger partial charge in [0.25, 0.3) is 0 Å². The van der Waals surface area contributed by atoms with Crippen molar-refractivity contribution in [3.8, 4) is 0 Å². The van der Waals surface area contributed by atoms with Crippen LogP contribution in [0.1, 0.15) is 52.9 Å². The third-order valence-electron chi connectivity index (χ3n) is 6.32. The molecule has 3 N–H and O–H groups in total. The molecule has 0 bridgehead atoms. The van der Waals surface area contributed by atoms with E-state index >= 15 is 0 Å². The van der Waals surface area contributed by atoms with Crippen LogP contribution >= 0.6 is 0 Å². The minimum absolute atomic E-state index is 0. The van der Waals surface area contributed by atoms with Gasteiger partial charge in [0.2, 0.25) is 0 Å². The lowest BCUT2D eigenvalue weighted by Gasteiger charge is -2.37. The topological polar surface area (TPSA) is 54.0 Å². The summed E-state index contributed by atoms with van der Waals surface area (Å²) < 4.78 is 0. The standard InChI is InChI=1S/C24H45N5O.CH4/c1-5-27-15-17-28(18-16-27)20-24-11-8-14-29(24)19-22(3)26-12-6-9-21(2)25-13-7-10-23(4)30;/h24-26,30H,2-20H2,1H3;1H4. The zero-order chi connectivity index (χ0) is 21.8. The van der Waals surface area contributed by atoms with Crippen molar-refractivity contribution in [2.24, 2.45) is 0 Å². The second-order valence-electron chi connectivity index (χ2n) is 8.84. The number of aliphatic hydroxyl groups is 1. The third-order valence-corrected chi connectivity index (χ3v) is 6.32. The number of hydrogen-bond acceptors (Lipinski definition) is 6. The van der Waals surface area contributed by atoms with E-state index in [0.717, 1.165) is 50.3 Å². The van der Waals surface area contributed by atoms with E-state index < -0.39 is 0 Å². The molecule has 2 aliphatic rings. The number of likely N-dealkylation sites (tertiary alicyclic amines) is 1. The number of nitrogens with zero attached hydrogens (tertiary/aromatic N) is 3. The molecule has 1 atom stereocenters. The van der Waals surface area contributed by atoms with Gasteiger partial charge in [-0.15, -0.1) is 0 Å². The van der Waals surface area contributed by atoms with Crippen LogP contribution in [0.3, 0.4) is 0 Å². The summed E-state index contributed by atoms with van der Waals surface area (Å²) in [6.07, 6.45) is 6.15. The van der Waals surface area contributed by atoms with Crippen molar-refractivity contribution < 1.29 is 5.11 Å². The summed E-state index contributed by atoms with van der Waals surface area (Å²) in [5, 5.41) is 15.9. The maximum atomic E-state index is 9.09. The first-order valence-corrected chi connectivity index (χ1v) is 11.9. The molecule has 0 aliphatic carbocycles. The zero-order valence-electron chi connectivity index (χ0n) is 19.3. The van der Waals surface area contributed by atoms with Crippen molar-refractivity contribution in [3.05, 3.63) is 36.9 Å². The summed E-state index contributed by atoms with van der Waals surface area (Å²) in [5.74, 6) is 0.254. The van der Waals surface area contributed by atoms with Crippen LogP contribution in [0.15, 0.2) is 36.9 Å². The molecule has 0 spiro atoms. The molecule has 0 amide bonds. The number of allylic oxidation sites excluding steroid dienone is 2. The zero-order valence-corrected chi connectivity index (χ0v) is 19.3. The van der Waals surface area contributed by atoms with Gasteiger partial charge >= 0.3 is 0 Å². The van der Waals surface area contributed by atoms with E-state index in [1.54, 1.807) is 0 Å². The molecule has 6 heteroatoms. The Bertz CT molecular complexity index is 542. The van der Waals surface area contributed by atoms with E-state index in [-0.39, 0.29) is 13.2 Å². The molecule has 31 heavy (non-hydrogen) atoms. The van der Waals surface area contributed by atoms with E-state index in [1.807, 2.05) is 0 Å². The fourth-order valence-electron chi connectivity index (χ4n) is 4.41. The lowest BCUT2D eigenvalue weighted by atomic mass is 10.2. The first-order chi connectivity index (χ1) is 14.5. The quantitative estimate of drug-likeness (QED) is 0.270. The number of piperazine rings is 1. The Morgan fingerprint density at radius 2 is 1.52 bits per heavy atom. The number of rotatable bonds is 15. The number of likely N-dealkylation sites (N-methyl/N-ethyl adjacent to an activating group) is 1. The van der Waals surface area contributed by atoms with Gasteiger partial charge in [-0.05, 0) is 45.2 Å². The summed E-state index contributed by atoms with van der Waals surface area (Å²) in [5.41, 5.74) is 2.20. The third kappa shape index (κ3) is 11.1. The highest BCUT2D eigenvalue weighted by Gasteiger charge is 2.27. The maximum Gasteiger partial charge on any atom is 0.0851 e. The molecule has 0 aromatic carbocycles. The molecule has 6 nitrogen and oxygen atoms in total. The predicted molar refractivity (Wildman–Crippen MR) is 134 cm³/mol. The van der Waals surface area contributed by atoms with E-state index in [2.05, 4.69) is 52.0 Å². The van der Waals surface area contributed by atoms with Crippen LogP contribution in [0.4, 0.5) is 0 Å². The molecule has 0 aromatic heterocycles. The fraction of sp³-hybridized carbons (Fsp3) is 0.760. The van der Waals surface area contributed by atoms with Crippen LogP contribution in [0, 0.1) is 0 Å². The van der Waals surface area contributed by atoms with Gasteiger partial charge in [-0.25, -0.2) is 0 Å². The summed E-state index contributed by atoms with van der Waals surface area (Å²) in [4.78, 5) is 7.82. The lowest BCUT2D eigenvalue weighted by molar-refractivity contribution is 0.108. The first-order valence-electron chi connectivity index (χ1n) is 11.9. The monoisotopic (exact) mass is 435 g/mol. The maximum absolute atomic E-state index is 9.09. The van der Waals surface area contributed by atoms with Crippen LogP contribution in [0.25, 0.3) is 0 Å². The predicted octanol–water partition coefficient (Wildman–Crippen LogP) is 3.56. The van der Waals surface area contributed by atoms with E-state index in [0.29, 0.717) is 12.5 Å². The smallest absolute Gasteiger partial charge is 0.0851 e. The Kier molecular flexibility index (Phi) is 13.6. The van der Waals surface area contributed by atoms with Crippen molar-refractivity contribution in [3.63, 3.8) is 0 Å². The molecule has 2 saturated heterocycles. The van der Waals surface area contributed by atoms with Crippen molar-refractivity contribution in [2.75, 3.05) is 65.4 Å². The van der Waals surface area contributed by atoms with Crippen LogP contribution < -0.4 is 10.6 Å². The van der Waals surface area contributed by atoms with Crippen LogP contribution in [0.5, 0.6) is 0 Å². The molecule has 2 rings (SSSR count). The van der Waals surface area contributed by atoms with Gasteiger partial charge in [0.15, 0.2) is 0 Å². The van der Waals surface area contributed by atoms with Crippen molar-refractivity contribution in [1.82, 2.24) is 25.3 Å². The molecule has 0 saturated carbocycles. The molecule has 180 valence electrons. The average Bonchev–Trinajstić information content (AvgIpc) is 3.15. The van der Waals surface area contributed by atoms with Gasteiger partial charge < -0.3 is 20.6 Å². The van der Waals surface area contributed by atoms with Crippen molar-refractivity contribution >= 4 is 0 Å². The van der Waals surface area contributed by atoms with Gasteiger partial charge in [0, 0.05) is 76.2 Å². The van der Waals surface area contributed by atoms with Gasteiger partial charge in [0.05, 0.1) is 5.76 Å². The molecule has 0 radical (unpaired) electrons. The Morgan fingerprint density at radius 1 is 0.903 bits per heavy atom. The molecular formula is C25H49N5O. The van der Waals surface area contributed by atoms with Crippen LogP contribution in [0.2, 0.25) is 0 Å². The largest absolute Gasteiger partial charge is 0.513 e. The van der Waals surface area contributed by atoms with E-state index in [4.69, 9.17) is 5.11 Å². The highest BCUT2D eigenvalue weighted by molar-refractivity contribution is 4.99. The SMILES string of the molecule is C.C=C(O)CCCNC(=C)CCCNC(=C)CN1CCCC1CN1CCN(CC)CC1. The summed E-state index contributed by atoms with van der Waals surface area (Å²) in [6.45, 7) is 25.3. The van der Waals surface area contributed by atoms with Gasteiger partial charge in [-0.3, -0.25) is 9.80 Å². The highest BCUT2D eigenvalue weighted by atomic mass is 16.3. The minimum atomic E-state index is 0. The molecule has 2 heterocycles. The van der Waals surface area contributed by atoms with Gasteiger partial charge in [-0.2, -0.15) is 0 Å². The second kappa shape index (κ2) is 15.3. The Labute approximate surface area is 192 Å².